The van der Waals surface area contributed by atoms with E-state index in [1.807, 2.05) is 5.38 Å². The zero-order valence-corrected chi connectivity index (χ0v) is 13.5. The van der Waals surface area contributed by atoms with E-state index in [-0.39, 0.29) is 0 Å². The number of nitrogens with one attached hydrogen (secondary N) is 1. The molecule has 1 N–H and O–H groups in total. The molecule has 0 aliphatic heterocycles. The number of sulfonamides is 1. The number of methoxy groups -OCH3 is 1. The van der Waals surface area contributed by atoms with Crippen molar-refractivity contribution >= 4 is 21.4 Å². The second kappa shape index (κ2) is 7.35. The van der Waals surface area contributed by atoms with E-state index in [0.717, 1.165) is 5.56 Å². The summed E-state index contributed by atoms with van der Waals surface area (Å²) in [6.45, 7) is 5.55. The van der Waals surface area contributed by atoms with Crippen molar-refractivity contribution in [3.05, 3.63) is 17.0 Å². The van der Waals surface area contributed by atoms with Gasteiger partial charge in [0.2, 0.25) is 0 Å². The molecule has 7 heteroatoms. The maximum atomic E-state index is 12.2. The minimum Gasteiger partial charge on any atom is -0.383 e. The Morgan fingerprint density at radius 1 is 1.47 bits per heavy atom. The first-order chi connectivity index (χ1) is 8.87. The van der Waals surface area contributed by atoms with E-state index in [4.69, 9.17) is 4.74 Å². The summed E-state index contributed by atoms with van der Waals surface area (Å²) in [6, 6.07) is 2.11. The average molecular weight is 306 g/mol. The van der Waals surface area contributed by atoms with Crippen molar-refractivity contribution in [2.75, 3.05) is 27.3 Å². The van der Waals surface area contributed by atoms with E-state index in [9.17, 15) is 8.42 Å². The highest BCUT2D eigenvalue weighted by Gasteiger charge is 2.22. The van der Waals surface area contributed by atoms with Crippen LogP contribution in [0.1, 0.15) is 19.4 Å². The summed E-state index contributed by atoms with van der Waals surface area (Å²) in [5.74, 6) is 0. The van der Waals surface area contributed by atoms with Crippen molar-refractivity contribution < 1.29 is 13.2 Å². The number of hydrogen-bond acceptors (Lipinski definition) is 5. The molecule has 0 fully saturated rings. The molecule has 1 heterocycles. The molecule has 0 aliphatic carbocycles. The van der Waals surface area contributed by atoms with Crippen LogP contribution in [0.25, 0.3) is 0 Å². The Bertz CT molecular complexity index is 483. The first kappa shape index (κ1) is 16.6. The molecule has 0 saturated carbocycles. The van der Waals surface area contributed by atoms with Gasteiger partial charge in [0.05, 0.1) is 6.61 Å². The monoisotopic (exact) mass is 306 g/mol. The highest BCUT2D eigenvalue weighted by molar-refractivity contribution is 7.91. The van der Waals surface area contributed by atoms with Crippen molar-refractivity contribution in [1.82, 2.24) is 9.62 Å². The smallest absolute Gasteiger partial charge is 0.252 e. The Morgan fingerprint density at radius 2 is 2.16 bits per heavy atom. The van der Waals surface area contributed by atoms with Crippen molar-refractivity contribution in [1.29, 1.82) is 0 Å². The number of likely N-dealkylation sites (N-methyl/N-ethyl adjacent to an activating group) is 1. The van der Waals surface area contributed by atoms with Crippen LogP contribution in [0.15, 0.2) is 15.7 Å². The van der Waals surface area contributed by atoms with Crippen LogP contribution in [0, 0.1) is 0 Å². The van der Waals surface area contributed by atoms with E-state index >= 15 is 0 Å². The zero-order valence-electron chi connectivity index (χ0n) is 11.8. The summed E-state index contributed by atoms with van der Waals surface area (Å²) in [7, 11) is -0.258. The predicted octanol–water partition coefficient (Wildman–Crippen LogP) is 1.51. The molecule has 0 bridgehead atoms. The number of hydrogen-bond donors (Lipinski definition) is 1. The maximum Gasteiger partial charge on any atom is 0.252 e. The maximum absolute atomic E-state index is 12.2. The third-order valence-electron chi connectivity index (χ3n) is 2.62. The van der Waals surface area contributed by atoms with E-state index in [1.165, 1.54) is 15.6 Å². The Balaban J connectivity index is 2.73. The highest BCUT2D eigenvalue weighted by Crippen LogP contribution is 2.23. The van der Waals surface area contributed by atoms with Crippen LogP contribution < -0.4 is 5.32 Å². The Labute approximate surface area is 119 Å². The van der Waals surface area contributed by atoms with Gasteiger partial charge in [-0.1, -0.05) is 13.8 Å². The van der Waals surface area contributed by atoms with E-state index < -0.39 is 10.0 Å². The quantitative estimate of drug-likeness (QED) is 0.791. The molecule has 1 aromatic heterocycles. The molecule has 19 heavy (non-hydrogen) atoms. The van der Waals surface area contributed by atoms with Crippen LogP contribution in [0.3, 0.4) is 0 Å². The van der Waals surface area contributed by atoms with Gasteiger partial charge >= 0.3 is 0 Å². The average Bonchev–Trinajstić information content (AvgIpc) is 2.82. The summed E-state index contributed by atoms with van der Waals surface area (Å²) in [5, 5.41) is 5.15. The lowest BCUT2D eigenvalue weighted by atomic mass is 10.3. The van der Waals surface area contributed by atoms with Crippen LogP contribution >= 0.6 is 11.3 Å². The summed E-state index contributed by atoms with van der Waals surface area (Å²) < 4.78 is 31.1. The largest absolute Gasteiger partial charge is 0.383 e. The third-order valence-corrected chi connectivity index (χ3v) is 5.94. The molecular weight excluding hydrogens is 284 g/mol. The summed E-state index contributed by atoms with van der Waals surface area (Å²) >= 11 is 1.26. The van der Waals surface area contributed by atoms with Crippen LogP contribution in [0.5, 0.6) is 0 Å². The molecule has 0 radical (unpaired) electrons. The lowest BCUT2D eigenvalue weighted by Crippen LogP contribution is -2.29. The van der Waals surface area contributed by atoms with E-state index in [0.29, 0.717) is 29.9 Å². The van der Waals surface area contributed by atoms with Gasteiger partial charge in [-0.3, -0.25) is 0 Å². The molecule has 1 aromatic rings. The minimum atomic E-state index is -3.38. The van der Waals surface area contributed by atoms with Gasteiger partial charge < -0.3 is 10.1 Å². The Morgan fingerprint density at radius 3 is 2.74 bits per heavy atom. The van der Waals surface area contributed by atoms with Crippen LogP contribution in [-0.2, 0) is 21.3 Å². The second-order valence-corrected chi connectivity index (χ2v) is 7.81. The van der Waals surface area contributed by atoms with Gasteiger partial charge in [0.25, 0.3) is 10.0 Å². The molecule has 0 aromatic carbocycles. The van der Waals surface area contributed by atoms with Gasteiger partial charge in [-0.15, -0.1) is 11.3 Å². The Kier molecular flexibility index (Phi) is 6.41. The highest BCUT2D eigenvalue weighted by atomic mass is 32.2. The van der Waals surface area contributed by atoms with Crippen molar-refractivity contribution in [3.8, 4) is 0 Å². The third kappa shape index (κ3) is 4.85. The lowest BCUT2D eigenvalue weighted by molar-refractivity contribution is 0.185. The van der Waals surface area contributed by atoms with Crippen LogP contribution in [0.4, 0.5) is 0 Å². The summed E-state index contributed by atoms with van der Waals surface area (Å²) in [6.07, 6.45) is 0. The van der Waals surface area contributed by atoms with Crippen LogP contribution in [0.2, 0.25) is 0 Å². The van der Waals surface area contributed by atoms with Gasteiger partial charge in [-0.05, 0) is 17.0 Å². The second-order valence-electron chi connectivity index (χ2n) is 4.63. The number of thiophene rings is 1. The SMILES string of the molecule is COCCN(C)S(=O)(=O)c1cc(CNC(C)C)cs1. The van der Waals surface area contributed by atoms with Gasteiger partial charge in [-0.2, -0.15) is 4.31 Å². The number of rotatable bonds is 8. The standard InChI is InChI=1S/C12H22N2O3S2/c1-10(2)13-8-11-7-12(18-9-11)19(15,16)14(3)5-6-17-4/h7,9-10,13H,5-6,8H2,1-4H3. The van der Waals surface area contributed by atoms with Crippen molar-refractivity contribution in [2.24, 2.45) is 0 Å². The van der Waals surface area contributed by atoms with Crippen molar-refractivity contribution in [2.45, 2.75) is 30.6 Å². The van der Waals surface area contributed by atoms with Gasteiger partial charge in [0.1, 0.15) is 4.21 Å². The fourth-order valence-corrected chi connectivity index (χ4v) is 3.97. The van der Waals surface area contributed by atoms with Crippen LogP contribution in [-0.4, -0.2) is 46.1 Å². The van der Waals surface area contributed by atoms with E-state index in [1.54, 1.807) is 20.2 Å². The summed E-state index contributed by atoms with van der Waals surface area (Å²) in [5.41, 5.74) is 0.998. The fourth-order valence-electron chi connectivity index (χ4n) is 1.40. The molecule has 110 valence electrons. The summed E-state index contributed by atoms with van der Waals surface area (Å²) in [4.78, 5) is 0. The lowest BCUT2D eigenvalue weighted by Gasteiger charge is -2.15. The molecule has 0 aliphatic rings. The molecule has 5 nitrogen and oxygen atoms in total. The molecule has 1 rings (SSSR count). The van der Waals surface area contributed by atoms with E-state index in [2.05, 4.69) is 19.2 Å². The predicted molar refractivity (Wildman–Crippen MR) is 78.0 cm³/mol. The van der Waals surface area contributed by atoms with Crippen molar-refractivity contribution in [3.63, 3.8) is 0 Å². The Hall–Kier alpha value is -0.470. The minimum absolute atomic E-state index is 0.357. The van der Waals surface area contributed by atoms with Gasteiger partial charge in [0, 0.05) is 33.3 Å². The normalized spacial score (nSPS) is 12.5. The fraction of sp³-hybridized carbons (Fsp3) is 0.667. The number of ether oxygens (including phenoxy) is 1. The topological polar surface area (TPSA) is 58.6 Å². The molecule has 0 unspecified atom stereocenters. The molecule has 0 spiro atoms. The first-order valence-corrected chi connectivity index (χ1v) is 8.46. The van der Waals surface area contributed by atoms with Gasteiger partial charge in [-0.25, -0.2) is 8.42 Å². The number of nitrogens with zero attached hydrogens (tertiary/aromatic N) is 1. The molecule has 0 atom stereocenters. The zero-order chi connectivity index (χ0) is 14.5. The molecular formula is C12H22N2O3S2. The first-order valence-electron chi connectivity index (χ1n) is 6.14. The van der Waals surface area contributed by atoms with Gasteiger partial charge in [0.15, 0.2) is 0 Å². The molecule has 0 amide bonds. The molecule has 0 saturated heterocycles.